The van der Waals surface area contributed by atoms with Crippen LogP contribution in [-0.4, -0.2) is 28.4 Å². The van der Waals surface area contributed by atoms with Crippen LogP contribution in [0.5, 0.6) is 0 Å². The summed E-state index contributed by atoms with van der Waals surface area (Å²) in [6.07, 6.45) is 9.61. The Morgan fingerprint density at radius 2 is 2.22 bits per heavy atom. The molecule has 2 aliphatic heterocycles. The Labute approximate surface area is 133 Å². The van der Waals surface area contributed by atoms with E-state index in [2.05, 4.69) is 20.8 Å². The molecule has 2 atom stereocenters. The van der Waals surface area contributed by atoms with Crippen LogP contribution in [0.25, 0.3) is 0 Å². The Balaban J connectivity index is 1.65. The van der Waals surface area contributed by atoms with Gasteiger partial charge in [0.25, 0.3) is 5.91 Å². The molecule has 116 valence electrons. The number of fused-ring (bicyclic) bond motifs is 1. The highest BCUT2D eigenvalue weighted by molar-refractivity contribution is 6.31. The molecule has 1 aromatic heterocycles. The minimum Gasteiger partial charge on any atom is -0.381 e. The zero-order valence-electron chi connectivity index (χ0n) is 12.5. The Morgan fingerprint density at radius 1 is 1.30 bits per heavy atom. The molecule has 0 radical (unpaired) electrons. The van der Waals surface area contributed by atoms with Crippen molar-refractivity contribution < 1.29 is 9.59 Å². The van der Waals surface area contributed by atoms with Crippen molar-refractivity contribution in [2.24, 2.45) is 11.0 Å². The van der Waals surface area contributed by atoms with E-state index in [1.54, 1.807) is 24.5 Å². The summed E-state index contributed by atoms with van der Waals surface area (Å²) in [5, 5.41) is 7.46. The summed E-state index contributed by atoms with van der Waals surface area (Å²) in [4.78, 5) is 28.1. The van der Waals surface area contributed by atoms with Gasteiger partial charge in [0.1, 0.15) is 11.5 Å². The number of ketones is 1. The first-order valence-electron chi connectivity index (χ1n) is 7.74. The smallest absolute Gasteiger partial charge is 0.273 e. The Kier molecular flexibility index (Phi) is 3.29. The number of hydrazone groups is 1. The summed E-state index contributed by atoms with van der Waals surface area (Å²) in [5.41, 5.74) is 5.16. The zero-order valence-corrected chi connectivity index (χ0v) is 12.5. The van der Waals surface area contributed by atoms with Gasteiger partial charge in [-0.1, -0.05) is 0 Å². The van der Waals surface area contributed by atoms with Crippen LogP contribution in [0.15, 0.2) is 53.1 Å². The minimum absolute atomic E-state index is 0.0705. The van der Waals surface area contributed by atoms with Gasteiger partial charge in [-0.25, -0.2) is 5.43 Å². The molecule has 0 saturated heterocycles. The Bertz CT molecular complexity index is 764. The second kappa shape index (κ2) is 5.46. The number of rotatable bonds is 2. The number of hydrogen-bond acceptors (Lipinski definition) is 5. The van der Waals surface area contributed by atoms with E-state index in [0.717, 1.165) is 24.1 Å². The molecule has 2 N–H and O–H groups in total. The second-order valence-electron chi connectivity index (χ2n) is 5.96. The van der Waals surface area contributed by atoms with E-state index in [-0.39, 0.29) is 23.7 Å². The lowest BCUT2D eigenvalue weighted by Gasteiger charge is -2.23. The van der Waals surface area contributed by atoms with Crippen molar-refractivity contribution in [1.82, 2.24) is 15.7 Å². The van der Waals surface area contributed by atoms with Crippen LogP contribution < -0.4 is 10.7 Å². The van der Waals surface area contributed by atoms with Gasteiger partial charge in [-0.3, -0.25) is 14.6 Å². The second-order valence-corrected chi connectivity index (χ2v) is 5.96. The van der Waals surface area contributed by atoms with Crippen molar-refractivity contribution >= 4 is 17.4 Å². The van der Waals surface area contributed by atoms with Gasteiger partial charge in [0.2, 0.25) is 0 Å². The monoisotopic (exact) mass is 308 g/mol. The van der Waals surface area contributed by atoms with Crippen molar-refractivity contribution in [1.29, 1.82) is 0 Å². The van der Waals surface area contributed by atoms with E-state index in [1.807, 2.05) is 12.1 Å². The Morgan fingerprint density at radius 3 is 3.00 bits per heavy atom. The number of hydrogen-bond donors (Lipinski definition) is 2. The van der Waals surface area contributed by atoms with E-state index in [0.29, 0.717) is 17.7 Å². The summed E-state index contributed by atoms with van der Waals surface area (Å²) < 4.78 is 0. The minimum atomic E-state index is -0.243. The number of carbonyl (C=O) groups is 2. The average Bonchev–Trinajstić information content (AvgIpc) is 3.14. The third-order valence-corrected chi connectivity index (χ3v) is 4.46. The molecule has 1 saturated carbocycles. The van der Waals surface area contributed by atoms with Crippen LogP contribution in [0.3, 0.4) is 0 Å². The van der Waals surface area contributed by atoms with Gasteiger partial charge < -0.3 is 5.32 Å². The molecule has 4 rings (SSSR count). The van der Waals surface area contributed by atoms with Crippen molar-refractivity contribution in [3.8, 4) is 0 Å². The number of pyridine rings is 1. The molecule has 3 heterocycles. The van der Waals surface area contributed by atoms with Crippen molar-refractivity contribution in [2.75, 3.05) is 0 Å². The summed E-state index contributed by atoms with van der Waals surface area (Å²) in [6, 6.07) is 3.82. The molecule has 1 amide bonds. The molecule has 0 aromatic carbocycles. The maximum absolute atomic E-state index is 12.1. The molecule has 2 unspecified atom stereocenters. The molecule has 6 heteroatoms. The van der Waals surface area contributed by atoms with Crippen LogP contribution in [0.1, 0.15) is 24.8 Å². The fourth-order valence-electron chi connectivity index (χ4n) is 3.33. The van der Waals surface area contributed by atoms with Gasteiger partial charge in [-0.2, -0.15) is 5.10 Å². The largest absolute Gasteiger partial charge is 0.381 e. The molecule has 0 bridgehead atoms. The van der Waals surface area contributed by atoms with Gasteiger partial charge in [-0.05, 0) is 37.1 Å². The van der Waals surface area contributed by atoms with Crippen LogP contribution in [-0.2, 0) is 9.59 Å². The number of aromatic nitrogens is 1. The standard InChI is InChI=1S/C17H16N4O2/c22-15-5-1-4-14-12(15)7-11(19-14)8-13-16(20-21-17(13)23)10-3-2-6-18-9-10/h2-3,6-9,12,14,19H,1,4-5H2,(H,21,23)/b13-8+. The highest BCUT2D eigenvalue weighted by Gasteiger charge is 2.35. The molecule has 6 nitrogen and oxygen atoms in total. The van der Waals surface area contributed by atoms with Gasteiger partial charge in [0.05, 0.1) is 11.5 Å². The third kappa shape index (κ3) is 2.46. The molecule has 1 fully saturated rings. The van der Waals surface area contributed by atoms with E-state index >= 15 is 0 Å². The van der Waals surface area contributed by atoms with E-state index in [1.165, 1.54) is 0 Å². The molecular formula is C17H16N4O2. The number of amides is 1. The molecule has 1 aromatic rings. The predicted octanol–water partition coefficient (Wildman–Crippen LogP) is 1.07. The van der Waals surface area contributed by atoms with Crippen LogP contribution in [0.4, 0.5) is 0 Å². The molecule has 1 aliphatic carbocycles. The lowest BCUT2D eigenvalue weighted by atomic mass is 9.85. The summed E-state index contributed by atoms with van der Waals surface area (Å²) in [6.45, 7) is 0. The topological polar surface area (TPSA) is 83.5 Å². The maximum Gasteiger partial charge on any atom is 0.273 e. The number of nitrogens with one attached hydrogen (secondary N) is 2. The van der Waals surface area contributed by atoms with Crippen LogP contribution >= 0.6 is 0 Å². The van der Waals surface area contributed by atoms with E-state index in [9.17, 15) is 9.59 Å². The molecule has 0 spiro atoms. The number of allylic oxidation sites excluding steroid dienone is 1. The van der Waals surface area contributed by atoms with E-state index in [4.69, 9.17) is 0 Å². The van der Waals surface area contributed by atoms with Crippen LogP contribution in [0.2, 0.25) is 0 Å². The van der Waals surface area contributed by atoms with Crippen molar-refractivity contribution in [3.63, 3.8) is 0 Å². The highest BCUT2D eigenvalue weighted by Crippen LogP contribution is 2.29. The maximum atomic E-state index is 12.1. The van der Waals surface area contributed by atoms with Gasteiger partial charge in [-0.15, -0.1) is 0 Å². The summed E-state index contributed by atoms with van der Waals surface area (Å²) >= 11 is 0. The normalized spacial score (nSPS) is 28.1. The highest BCUT2D eigenvalue weighted by atomic mass is 16.2. The lowest BCUT2D eigenvalue weighted by molar-refractivity contribution is -0.123. The van der Waals surface area contributed by atoms with Crippen LogP contribution in [0, 0.1) is 5.92 Å². The van der Waals surface area contributed by atoms with Crippen molar-refractivity contribution in [3.05, 3.63) is 53.5 Å². The van der Waals surface area contributed by atoms with Gasteiger partial charge >= 0.3 is 0 Å². The first-order valence-corrected chi connectivity index (χ1v) is 7.74. The van der Waals surface area contributed by atoms with E-state index < -0.39 is 0 Å². The summed E-state index contributed by atoms with van der Waals surface area (Å²) in [7, 11) is 0. The zero-order chi connectivity index (χ0) is 15.8. The Hall–Kier alpha value is -2.76. The van der Waals surface area contributed by atoms with Gasteiger partial charge in [0.15, 0.2) is 0 Å². The fraction of sp³-hybridized carbons (Fsp3) is 0.294. The summed E-state index contributed by atoms with van der Waals surface area (Å²) in [5.74, 6) is -0.0363. The molecule has 3 aliphatic rings. The average molecular weight is 308 g/mol. The van der Waals surface area contributed by atoms with Crippen molar-refractivity contribution in [2.45, 2.75) is 25.3 Å². The third-order valence-electron chi connectivity index (χ3n) is 4.46. The number of nitrogens with zero attached hydrogens (tertiary/aromatic N) is 2. The number of carbonyl (C=O) groups excluding carboxylic acids is 2. The molecular weight excluding hydrogens is 292 g/mol. The SMILES string of the molecule is O=C1NN=C(c2cccnc2)/C1=C\C1=CC2C(=O)CCCC2N1. The molecule has 23 heavy (non-hydrogen) atoms. The fourth-order valence-corrected chi connectivity index (χ4v) is 3.33. The van der Waals surface area contributed by atoms with Gasteiger partial charge in [0, 0.05) is 36.1 Å². The lowest BCUT2D eigenvalue weighted by Crippen LogP contribution is -2.36. The predicted molar refractivity (Wildman–Crippen MR) is 84.4 cm³/mol. The first kappa shape index (κ1) is 13.9. The first-order chi connectivity index (χ1) is 11.2. The number of Topliss-reactive ketones (excluding diaryl/α,β-unsaturated/α-hetero) is 1. The quantitative estimate of drug-likeness (QED) is 0.801.